The lowest BCUT2D eigenvalue weighted by molar-refractivity contribution is -0.00107. The molecule has 1 saturated heterocycles. The topological polar surface area (TPSA) is 15.3 Å². The van der Waals surface area contributed by atoms with Crippen molar-refractivity contribution < 1.29 is 0 Å². The summed E-state index contributed by atoms with van der Waals surface area (Å²) in [7, 11) is 0. The molecule has 98 valence electrons. The summed E-state index contributed by atoms with van der Waals surface area (Å²) in [5.41, 5.74) is 0.899. The minimum absolute atomic E-state index is 0.401. The summed E-state index contributed by atoms with van der Waals surface area (Å²) in [6.07, 6.45) is 8.60. The third kappa shape index (κ3) is 2.04. The van der Waals surface area contributed by atoms with Crippen molar-refractivity contribution in [3.8, 4) is 0 Å². The van der Waals surface area contributed by atoms with Crippen molar-refractivity contribution in [3.63, 3.8) is 0 Å². The average Bonchev–Trinajstić information content (AvgIpc) is 3.07. The van der Waals surface area contributed by atoms with Gasteiger partial charge in [-0.15, -0.1) is 0 Å². The van der Waals surface area contributed by atoms with E-state index in [1.165, 1.54) is 51.6 Å². The Morgan fingerprint density at radius 2 is 1.76 bits per heavy atom. The lowest BCUT2D eigenvalue weighted by Crippen LogP contribution is -2.67. The molecule has 17 heavy (non-hydrogen) atoms. The number of nitrogens with zero attached hydrogens (tertiary/aromatic N) is 1. The quantitative estimate of drug-likeness (QED) is 0.793. The summed E-state index contributed by atoms with van der Waals surface area (Å²) in [5, 5.41) is 3.84. The van der Waals surface area contributed by atoms with Crippen molar-refractivity contribution in [2.75, 3.05) is 13.1 Å². The summed E-state index contributed by atoms with van der Waals surface area (Å²) in [6, 6.07) is 0.713. The highest BCUT2D eigenvalue weighted by Gasteiger charge is 2.49. The van der Waals surface area contributed by atoms with E-state index < -0.39 is 0 Å². The first-order chi connectivity index (χ1) is 8.04. The molecule has 2 aliphatic carbocycles. The maximum atomic E-state index is 3.84. The largest absolute Gasteiger partial charge is 0.308 e. The second-order valence-corrected chi connectivity index (χ2v) is 7.25. The van der Waals surface area contributed by atoms with E-state index in [1.807, 2.05) is 0 Å². The van der Waals surface area contributed by atoms with Crippen molar-refractivity contribution in [1.82, 2.24) is 10.2 Å². The van der Waals surface area contributed by atoms with Crippen molar-refractivity contribution in [3.05, 3.63) is 0 Å². The molecular formula is C15H28N2. The van der Waals surface area contributed by atoms with Crippen LogP contribution in [0.15, 0.2) is 0 Å². The predicted octanol–water partition coefficient (Wildman–Crippen LogP) is 2.78. The minimum atomic E-state index is 0.401. The van der Waals surface area contributed by atoms with Gasteiger partial charge >= 0.3 is 0 Å². The number of piperazine rings is 1. The lowest BCUT2D eigenvalue weighted by Gasteiger charge is -2.52. The van der Waals surface area contributed by atoms with Crippen LogP contribution in [-0.2, 0) is 0 Å². The fourth-order valence-electron chi connectivity index (χ4n) is 4.20. The predicted molar refractivity (Wildman–Crippen MR) is 72.2 cm³/mol. The van der Waals surface area contributed by atoms with Crippen molar-refractivity contribution in [1.29, 1.82) is 0 Å². The lowest BCUT2D eigenvalue weighted by atomic mass is 9.86. The van der Waals surface area contributed by atoms with Gasteiger partial charge in [-0.05, 0) is 52.4 Å². The summed E-state index contributed by atoms with van der Waals surface area (Å²) >= 11 is 0. The normalized spacial score (nSPS) is 42.9. The van der Waals surface area contributed by atoms with Gasteiger partial charge in [0.05, 0.1) is 0 Å². The van der Waals surface area contributed by atoms with Crippen LogP contribution < -0.4 is 5.32 Å². The second kappa shape index (κ2) is 3.96. The summed E-state index contributed by atoms with van der Waals surface area (Å²) < 4.78 is 0. The molecule has 3 rings (SSSR count). The highest BCUT2D eigenvalue weighted by atomic mass is 15.3. The van der Waals surface area contributed by atoms with E-state index in [0.717, 1.165) is 5.92 Å². The summed E-state index contributed by atoms with van der Waals surface area (Å²) in [4.78, 5) is 2.84. The van der Waals surface area contributed by atoms with Crippen LogP contribution in [0.25, 0.3) is 0 Å². The molecule has 1 N–H and O–H groups in total. The Morgan fingerprint density at radius 3 is 2.35 bits per heavy atom. The van der Waals surface area contributed by atoms with Crippen LogP contribution in [0.4, 0.5) is 0 Å². The first-order valence-electron chi connectivity index (χ1n) is 7.55. The Kier molecular flexibility index (Phi) is 2.79. The van der Waals surface area contributed by atoms with Crippen molar-refractivity contribution >= 4 is 0 Å². The van der Waals surface area contributed by atoms with Gasteiger partial charge in [0.2, 0.25) is 0 Å². The van der Waals surface area contributed by atoms with E-state index in [-0.39, 0.29) is 0 Å². The molecule has 1 aliphatic heterocycles. The second-order valence-electron chi connectivity index (χ2n) is 7.25. The molecule has 2 heteroatoms. The summed E-state index contributed by atoms with van der Waals surface area (Å²) in [6.45, 7) is 9.83. The zero-order valence-corrected chi connectivity index (χ0v) is 11.8. The van der Waals surface area contributed by atoms with Crippen LogP contribution in [0.5, 0.6) is 0 Å². The molecule has 0 amide bonds. The van der Waals surface area contributed by atoms with Crippen LogP contribution >= 0.6 is 0 Å². The van der Waals surface area contributed by atoms with Crippen LogP contribution in [0, 0.1) is 5.92 Å². The molecule has 2 saturated carbocycles. The third-order valence-corrected chi connectivity index (χ3v) is 5.68. The minimum Gasteiger partial charge on any atom is -0.308 e. The average molecular weight is 236 g/mol. The number of rotatable bonds is 2. The number of hydrogen-bond acceptors (Lipinski definition) is 2. The monoisotopic (exact) mass is 236 g/mol. The van der Waals surface area contributed by atoms with E-state index in [2.05, 4.69) is 31.0 Å². The molecule has 1 heterocycles. The highest BCUT2D eigenvalue weighted by Crippen LogP contribution is 2.44. The maximum absolute atomic E-state index is 3.84. The third-order valence-electron chi connectivity index (χ3n) is 5.68. The van der Waals surface area contributed by atoms with E-state index in [4.69, 9.17) is 0 Å². The van der Waals surface area contributed by atoms with E-state index >= 15 is 0 Å². The van der Waals surface area contributed by atoms with E-state index in [0.29, 0.717) is 17.1 Å². The van der Waals surface area contributed by atoms with Gasteiger partial charge in [0, 0.05) is 30.2 Å². The van der Waals surface area contributed by atoms with Gasteiger partial charge in [-0.25, -0.2) is 0 Å². The number of nitrogens with one attached hydrogen (secondary N) is 1. The molecule has 0 aromatic heterocycles. The highest BCUT2D eigenvalue weighted by molar-refractivity contribution is 5.07. The van der Waals surface area contributed by atoms with Gasteiger partial charge in [-0.3, -0.25) is 4.90 Å². The van der Waals surface area contributed by atoms with Crippen LogP contribution in [-0.4, -0.2) is 35.1 Å². The van der Waals surface area contributed by atoms with Gasteiger partial charge < -0.3 is 5.32 Å². The van der Waals surface area contributed by atoms with E-state index in [1.54, 1.807) is 0 Å². The molecule has 0 aromatic carbocycles. The molecule has 3 fully saturated rings. The molecule has 2 atom stereocenters. The Labute approximate surface area is 106 Å². The first kappa shape index (κ1) is 12.0. The van der Waals surface area contributed by atoms with Crippen molar-refractivity contribution in [2.45, 2.75) is 76.4 Å². The molecule has 0 bridgehead atoms. The van der Waals surface area contributed by atoms with Gasteiger partial charge in [-0.2, -0.15) is 0 Å². The standard InChI is InChI=1S/C15H28N2/c1-12-10-16-15(3,13-6-7-13)11-17(12)14(2)8-4-5-9-14/h12-13,16H,4-11H2,1-3H3. The van der Waals surface area contributed by atoms with Crippen LogP contribution in [0.3, 0.4) is 0 Å². The fraction of sp³-hybridized carbons (Fsp3) is 1.00. The molecule has 3 aliphatic rings. The Bertz CT molecular complexity index is 291. The zero-order chi connectivity index (χ0) is 12.1. The Morgan fingerprint density at radius 1 is 1.12 bits per heavy atom. The molecule has 2 unspecified atom stereocenters. The maximum Gasteiger partial charge on any atom is 0.0309 e. The van der Waals surface area contributed by atoms with Gasteiger partial charge in [-0.1, -0.05) is 12.8 Å². The van der Waals surface area contributed by atoms with Crippen LogP contribution in [0.1, 0.15) is 59.3 Å². The molecule has 0 radical (unpaired) electrons. The van der Waals surface area contributed by atoms with Gasteiger partial charge in [0.15, 0.2) is 0 Å². The SMILES string of the molecule is CC1CNC(C)(C2CC2)CN1C1(C)CCCC1. The van der Waals surface area contributed by atoms with Gasteiger partial charge in [0.1, 0.15) is 0 Å². The first-order valence-corrected chi connectivity index (χ1v) is 7.55. The van der Waals surface area contributed by atoms with Crippen molar-refractivity contribution in [2.24, 2.45) is 5.92 Å². The van der Waals surface area contributed by atoms with Crippen LogP contribution in [0.2, 0.25) is 0 Å². The Hall–Kier alpha value is -0.0800. The fourth-order valence-corrected chi connectivity index (χ4v) is 4.20. The molecule has 0 spiro atoms. The zero-order valence-electron chi connectivity index (χ0n) is 11.8. The Balaban J connectivity index is 1.77. The summed E-state index contributed by atoms with van der Waals surface area (Å²) in [5.74, 6) is 0.947. The van der Waals surface area contributed by atoms with Gasteiger partial charge in [0.25, 0.3) is 0 Å². The van der Waals surface area contributed by atoms with E-state index in [9.17, 15) is 0 Å². The molecule has 2 nitrogen and oxygen atoms in total. The molecule has 0 aromatic rings. The smallest absolute Gasteiger partial charge is 0.0309 e. The number of hydrogen-bond donors (Lipinski definition) is 1. The molecular weight excluding hydrogens is 208 g/mol.